The predicted molar refractivity (Wildman–Crippen MR) is 208 cm³/mol. The van der Waals surface area contributed by atoms with E-state index in [0.717, 1.165) is 10.3 Å². The Hall–Kier alpha value is -4.99. The van der Waals surface area contributed by atoms with E-state index in [2.05, 4.69) is 21.6 Å². The number of hydrogen-bond donors (Lipinski definition) is 3. The van der Waals surface area contributed by atoms with E-state index in [1.54, 1.807) is 64.4 Å². The highest BCUT2D eigenvalue weighted by atomic mass is 32.2. The molecule has 16 heteroatoms. The fourth-order valence-corrected chi connectivity index (χ4v) is 8.41. The summed E-state index contributed by atoms with van der Waals surface area (Å²) in [7, 11) is -2.41. The summed E-state index contributed by atoms with van der Waals surface area (Å²) in [5, 5.41) is 13.9. The van der Waals surface area contributed by atoms with Gasteiger partial charge in [0.1, 0.15) is 29.5 Å². The molecule has 1 aromatic heterocycles. The largest absolute Gasteiger partial charge is 0.497 e. The molecule has 0 radical (unpaired) electrons. The number of aromatic nitrogens is 1. The first-order valence-electron chi connectivity index (χ1n) is 18.7. The molecule has 3 aliphatic rings. The normalized spacial score (nSPS) is 23.0. The fourth-order valence-electron chi connectivity index (χ4n) is 7.05. The summed E-state index contributed by atoms with van der Waals surface area (Å²) >= 11 is 0. The summed E-state index contributed by atoms with van der Waals surface area (Å²) < 4.78 is 39.3. The van der Waals surface area contributed by atoms with Crippen molar-refractivity contribution in [1.82, 2.24) is 24.8 Å². The number of hydrogen-bond acceptors (Lipinski definition) is 10. The summed E-state index contributed by atoms with van der Waals surface area (Å²) in [5.74, 6) is -2.43. The number of methoxy groups -OCH3 is 1. The fraction of sp³-hybridized carbons (Fsp3) is 0.550. The molecular formula is C40H53N5O10S. The average molecular weight is 796 g/mol. The van der Waals surface area contributed by atoms with Crippen LogP contribution in [0.15, 0.2) is 55.3 Å². The van der Waals surface area contributed by atoms with Crippen LogP contribution in [-0.4, -0.2) is 106 Å². The van der Waals surface area contributed by atoms with Crippen molar-refractivity contribution in [2.45, 2.75) is 115 Å². The number of likely N-dealkylation sites (tertiary alicyclic amines) is 1. The van der Waals surface area contributed by atoms with E-state index < -0.39 is 74.3 Å². The molecule has 0 unspecified atom stereocenters. The number of benzene rings is 1. The van der Waals surface area contributed by atoms with Gasteiger partial charge in [0, 0.05) is 35.9 Å². The molecule has 0 spiro atoms. The van der Waals surface area contributed by atoms with Gasteiger partial charge in [0.05, 0.1) is 18.9 Å². The monoisotopic (exact) mass is 795 g/mol. The molecule has 15 nitrogen and oxygen atoms in total. The number of carbonyl (C=O) groups excluding carboxylic acids is 4. The zero-order chi connectivity index (χ0) is 41.4. The van der Waals surface area contributed by atoms with E-state index in [1.165, 1.54) is 17.1 Å². The number of sulfonamides is 1. The molecule has 2 aliphatic carbocycles. The van der Waals surface area contributed by atoms with Gasteiger partial charge in [-0.05, 0) is 87.6 Å². The number of fused-ring (bicyclic) bond motifs is 1. The Morgan fingerprint density at radius 1 is 1.12 bits per heavy atom. The molecule has 0 bridgehead atoms. The Morgan fingerprint density at radius 2 is 1.82 bits per heavy atom. The molecule has 5 rings (SSSR count). The lowest BCUT2D eigenvalue weighted by Gasteiger charge is -2.41. The molecule has 3 fully saturated rings. The van der Waals surface area contributed by atoms with Gasteiger partial charge in [-0.25, -0.2) is 18.2 Å². The molecule has 56 heavy (non-hydrogen) atoms. The molecule has 2 aromatic rings. The van der Waals surface area contributed by atoms with Crippen LogP contribution in [0.25, 0.3) is 10.8 Å². The van der Waals surface area contributed by atoms with Crippen molar-refractivity contribution in [3.8, 4) is 11.6 Å². The Labute approximate surface area is 327 Å². The van der Waals surface area contributed by atoms with Gasteiger partial charge in [-0.15, -0.1) is 6.58 Å². The first-order chi connectivity index (χ1) is 26.1. The minimum atomic E-state index is -3.95. The predicted octanol–water partition coefficient (Wildman–Crippen LogP) is 4.36. The second kappa shape index (κ2) is 15.9. The van der Waals surface area contributed by atoms with Crippen LogP contribution < -0.4 is 19.5 Å². The zero-order valence-corrected chi connectivity index (χ0v) is 33.9. The first-order valence-corrected chi connectivity index (χ1v) is 20.3. The number of ketones is 1. The molecule has 4 amide bonds. The Bertz CT molecular complexity index is 2030. The molecule has 304 valence electrons. The number of amides is 4. The second-order valence-corrected chi connectivity index (χ2v) is 18.9. The number of carboxylic acid groups (broad SMARTS) is 1. The SMILES string of the molecule is C=C[C@@H]1C[C@]1(NC(=O)[C@@H]1C[C@@H](Oc2nccc3cc(OC)ccc23)CN1C(=O)[C@H](CCC(=O)/C=C\C(C)(C)C)N(C(=O)O)C(C)(C)C)C(=O)NS(=O)(=O)C1CC1. The maximum atomic E-state index is 14.8. The number of nitrogens with zero attached hydrogens (tertiary/aromatic N) is 3. The van der Waals surface area contributed by atoms with E-state index in [4.69, 9.17) is 9.47 Å². The first kappa shape index (κ1) is 42.2. The summed E-state index contributed by atoms with van der Waals surface area (Å²) in [6.07, 6.45) is 4.48. The molecule has 5 atom stereocenters. The standard InChI is InChI=1S/C40H53N5O10S/c1-9-25-22-40(25,36(49)43-56(52,53)29-12-13-29)42-33(47)32-21-28(55-34-30-14-11-27(54-8)20-24(30)17-19-41-34)23-44(32)35(48)31(45(37(50)51)39(5,6)7)15-10-26(46)16-18-38(2,3)4/h9,11,14,16-20,25,28-29,31-32H,1,10,12-13,15,21-23H2,2-8H3,(H,42,47)(H,43,49)(H,50,51)/b18-16-/t25-,28-,31+,32+,40-/m1/s1. The van der Waals surface area contributed by atoms with Gasteiger partial charge >= 0.3 is 6.09 Å². The van der Waals surface area contributed by atoms with E-state index in [9.17, 15) is 37.5 Å². The Balaban J connectivity index is 1.49. The van der Waals surface area contributed by atoms with Crippen LogP contribution in [0.2, 0.25) is 0 Å². The molecule has 3 N–H and O–H groups in total. The lowest BCUT2D eigenvalue weighted by Crippen LogP contribution is -2.61. The maximum absolute atomic E-state index is 14.8. The van der Waals surface area contributed by atoms with E-state index in [0.29, 0.717) is 24.0 Å². The highest BCUT2D eigenvalue weighted by Gasteiger charge is 2.62. The highest BCUT2D eigenvalue weighted by Crippen LogP contribution is 2.45. The third-order valence-electron chi connectivity index (χ3n) is 10.3. The Kier molecular flexibility index (Phi) is 11.9. The topological polar surface area (TPSA) is 202 Å². The summed E-state index contributed by atoms with van der Waals surface area (Å²) in [6, 6.07) is 4.42. The van der Waals surface area contributed by atoms with Crippen LogP contribution in [0.5, 0.6) is 11.6 Å². The van der Waals surface area contributed by atoms with Gasteiger partial charge in [0.15, 0.2) is 5.78 Å². The summed E-state index contributed by atoms with van der Waals surface area (Å²) in [6.45, 7) is 14.3. The zero-order valence-electron chi connectivity index (χ0n) is 33.0. The molecule has 1 aromatic carbocycles. The van der Waals surface area contributed by atoms with Crippen LogP contribution in [0.1, 0.15) is 80.1 Å². The maximum Gasteiger partial charge on any atom is 0.408 e. The van der Waals surface area contributed by atoms with E-state index >= 15 is 0 Å². The van der Waals surface area contributed by atoms with Crippen molar-refractivity contribution in [2.75, 3.05) is 13.7 Å². The van der Waals surface area contributed by atoms with Gasteiger partial charge in [-0.3, -0.25) is 28.8 Å². The second-order valence-electron chi connectivity index (χ2n) is 16.9. The van der Waals surface area contributed by atoms with Crippen LogP contribution in [0.4, 0.5) is 4.79 Å². The van der Waals surface area contributed by atoms with Gasteiger partial charge < -0.3 is 24.8 Å². The van der Waals surface area contributed by atoms with Crippen LogP contribution >= 0.6 is 0 Å². The number of pyridine rings is 1. The number of nitrogens with one attached hydrogen (secondary N) is 2. The van der Waals surface area contributed by atoms with Crippen molar-refractivity contribution >= 4 is 50.4 Å². The van der Waals surface area contributed by atoms with Crippen molar-refractivity contribution in [1.29, 1.82) is 0 Å². The van der Waals surface area contributed by atoms with Crippen molar-refractivity contribution in [2.24, 2.45) is 11.3 Å². The van der Waals surface area contributed by atoms with Crippen molar-refractivity contribution in [3.05, 3.63) is 55.3 Å². The van der Waals surface area contributed by atoms with Gasteiger partial charge in [-0.1, -0.05) is 32.9 Å². The van der Waals surface area contributed by atoms with Gasteiger partial charge in [0.2, 0.25) is 27.7 Å². The smallest absolute Gasteiger partial charge is 0.408 e. The van der Waals surface area contributed by atoms with E-state index in [-0.39, 0.29) is 49.3 Å². The number of ether oxygens (including phenoxy) is 2. The number of allylic oxidation sites excluding steroid dienone is 2. The quantitative estimate of drug-likeness (QED) is 0.171. The molecule has 2 saturated carbocycles. The van der Waals surface area contributed by atoms with Crippen LogP contribution in [-0.2, 0) is 29.2 Å². The van der Waals surface area contributed by atoms with Gasteiger partial charge in [-0.2, -0.15) is 0 Å². The van der Waals surface area contributed by atoms with Gasteiger partial charge in [0.25, 0.3) is 5.91 Å². The molecule has 1 saturated heterocycles. The average Bonchev–Trinajstić information content (AvgIpc) is 4.04. The van der Waals surface area contributed by atoms with Crippen LogP contribution in [0.3, 0.4) is 0 Å². The highest BCUT2D eigenvalue weighted by molar-refractivity contribution is 7.91. The number of carbonyl (C=O) groups is 5. The molecule has 1 aliphatic heterocycles. The Morgan fingerprint density at radius 3 is 2.39 bits per heavy atom. The number of rotatable bonds is 15. The lowest BCUT2D eigenvalue weighted by atomic mass is 9.94. The third-order valence-corrected chi connectivity index (χ3v) is 12.1. The van der Waals surface area contributed by atoms with E-state index in [1.807, 2.05) is 20.8 Å². The van der Waals surface area contributed by atoms with Crippen molar-refractivity contribution in [3.63, 3.8) is 0 Å². The third kappa shape index (κ3) is 9.51. The summed E-state index contributed by atoms with van der Waals surface area (Å²) in [5.41, 5.74) is -3.02. The minimum Gasteiger partial charge on any atom is -0.497 e. The minimum absolute atomic E-state index is 0.0782. The molecular weight excluding hydrogens is 743 g/mol. The molecule has 2 heterocycles. The van der Waals surface area contributed by atoms with Crippen molar-refractivity contribution < 1.29 is 47.0 Å². The lowest BCUT2D eigenvalue weighted by molar-refractivity contribution is -0.144. The van der Waals surface area contributed by atoms with Crippen LogP contribution in [0, 0.1) is 11.3 Å². The summed E-state index contributed by atoms with van der Waals surface area (Å²) in [4.78, 5) is 75.3.